The van der Waals surface area contributed by atoms with E-state index in [1.165, 1.54) is 0 Å². The van der Waals surface area contributed by atoms with Gasteiger partial charge in [-0.25, -0.2) is 0 Å². The molecule has 0 radical (unpaired) electrons. The van der Waals surface area contributed by atoms with E-state index < -0.39 is 0 Å². The van der Waals surface area contributed by atoms with E-state index >= 15 is 0 Å². The second kappa shape index (κ2) is 4.64. The molecule has 3 heteroatoms. The van der Waals surface area contributed by atoms with E-state index in [1.807, 2.05) is 30.3 Å². The quantitative estimate of drug-likeness (QED) is 0.271. The first kappa shape index (κ1) is 13.5. The Balaban J connectivity index is 1.89. The molecule has 2 heterocycles. The molecule has 0 atom stereocenters. The highest BCUT2D eigenvalue weighted by Crippen LogP contribution is 2.42. The van der Waals surface area contributed by atoms with Gasteiger partial charge in [0.1, 0.15) is 11.2 Å². The first-order chi connectivity index (χ1) is 12.3. The molecule has 0 saturated heterocycles. The van der Waals surface area contributed by atoms with Gasteiger partial charge in [-0.2, -0.15) is 0 Å². The standard InChI is InChI=1S/C22H11BrO2/c23-18-11-17-16-10-9-15-13-6-3-4-8-19(13)24-21(15)22(16)25-20(17)14-7-2-1-5-12(14)18/h1-11H. The zero-order chi connectivity index (χ0) is 16.5. The summed E-state index contributed by atoms with van der Waals surface area (Å²) in [7, 11) is 0. The molecule has 0 aliphatic carbocycles. The zero-order valence-corrected chi connectivity index (χ0v) is 14.6. The van der Waals surface area contributed by atoms with Crippen LogP contribution in [0.2, 0.25) is 0 Å². The predicted molar refractivity (Wildman–Crippen MR) is 106 cm³/mol. The van der Waals surface area contributed by atoms with Gasteiger partial charge in [-0.3, -0.25) is 0 Å². The summed E-state index contributed by atoms with van der Waals surface area (Å²) in [6.45, 7) is 0. The van der Waals surface area contributed by atoms with Crippen LogP contribution in [0.25, 0.3) is 54.6 Å². The van der Waals surface area contributed by atoms with Gasteiger partial charge in [-0.1, -0.05) is 58.4 Å². The average molecular weight is 387 g/mol. The van der Waals surface area contributed by atoms with Gasteiger partial charge in [0.15, 0.2) is 11.2 Å². The average Bonchev–Trinajstić information content (AvgIpc) is 3.20. The SMILES string of the molecule is Brc1cc2c3ccc4c5ccccc5oc4c3oc2c2ccccc12. The number of rotatable bonds is 0. The maximum Gasteiger partial charge on any atom is 0.178 e. The Hall–Kier alpha value is -2.78. The minimum absolute atomic E-state index is 0.812. The molecule has 0 spiro atoms. The van der Waals surface area contributed by atoms with Crippen molar-refractivity contribution in [1.29, 1.82) is 0 Å². The predicted octanol–water partition coefficient (Wildman–Crippen LogP) is 7.40. The van der Waals surface area contributed by atoms with Crippen molar-refractivity contribution in [3.8, 4) is 0 Å². The second-order valence-corrected chi connectivity index (χ2v) is 7.15. The number of hydrogen-bond donors (Lipinski definition) is 0. The maximum absolute atomic E-state index is 6.35. The van der Waals surface area contributed by atoms with Gasteiger partial charge in [0.2, 0.25) is 0 Å². The summed E-state index contributed by atoms with van der Waals surface area (Å²) in [4.78, 5) is 0. The minimum atomic E-state index is 0.812. The van der Waals surface area contributed by atoms with Crippen LogP contribution in [0, 0.1) is 0 Å². The molecule has 0 fully saturated rings. The van der Waals surface area contributed by atoms with Crippen molar-refractivity contribution in [2.45, 2.75) is 0 Å². The summed E-state index contributed by atoms with van der Waals surface area (Å²) >= 11 is 3.70. The molecule has 0 N–H and O–H groups in total. The smallest absolute Gasteiger partial charge is 0.178 e. The van der Waals surface area contributed by atoms with Crippen molar-refractivity contribution in [1.82, 2.24) is 0 Å². The third-order valence-corrected chi connectivity index (χ3v) is 5.60. The highest BCUT2D eigenvalue weighted by molar-refractivity contribution is 9.10. The van der Waals surface area contributed by atoms with E-state index in [-0.39, 0.29) is 0 Å². The van der Waals surface area contributed by atoms with E-state index in [4.69, 9.17) is 8.83 Å². The molecule has 0 saturated carbocycles. The molecule has 0 aliphatic rings. The van der Waals surface area contributed by atoms with Crippen LogP contribution in [0.5, 0.6) is 0 Å². The molecule has 2 nitrogen and oxygen atoms in total. The Kier molecular flexibility index (Phi) is 2.51. The van der Waals surface area contributed by atoms with Crippen LogP contribution in [0.4, 0.5) is 0 Å². The molecule has 2 aromatic heterocycles. The number of fused-ring (bicyclic) bond motifs is 9. The molecule has 6 rings (SSSR count). The van der Waals surface area contributed by atoms with E-state index in [0.717, 1.165) is 59.1 Å². The van der Waals surface area contributed by atoms with Crippen LogP contribution in [-0.4, -0.2) is 0 Å². The molecule has 0 unspecified atom stereocenters. The topological polar surface area (TPSA) is 26.3 Å². The lowest BCUT2D eigenvalue weighted by Crippen LogP contribution is -1.75. The third kappa shape index (κ3) is 1.68. The van der Waals surface area contributed by atoms with Crippen molar-refractivity contribution in [2.75, 3.05) is 0 Å². The van der Waals surface area contributed by atoms with Gasteiger partial charge < -0.3 is 8.83 Å². The van der Waals surface area contributed by atoms with Crippen molar-refractivity contribution >= 4 is 70.6 Å². The van der Waals surface area contributed by atoms with Crippen LogP contribution >= 0.6 is 15.9 Å². The summed E-state index contributed by atoms with van der Waals surface area (Å²) in [5.74, 6) is 0. The lowest BCUT2D eigenvalue weighted by Gasteiger charge is -2.01. The van der Waals surface area contributed by atoms with Crippen LogP contribution in [-0.2, 0) is 0 Å². The monoisotopic (exact) mass is 386 g/mol. The first-order valence-corrected chi connectivity index (χ1v) is 8.94. The molecule has 0 amide bonds. The highest BCUT2D eigenvalue weighted by atomic mass is 79.9. The number of hydrogen-bond acceptors (Lipinski definition) is 2. The minimum Gasteiger partial charge on any atom is -0.452 e. The zero-order valence-electron chi connectivity index (χ0n) is 13.0. The maximum atomic E-state index is 6.35. The van der Waals surface area contributed by atoms with Crippen molar-refractivity contribution in [3.05, 3.63) is 71.2 Å². The summed E-state index contributed by atoms with van der Waals surface area (Å²) in [6.07, 6.45) is 0. The summed E-state index contributed by atoms with van der Waals surface area (Å²) in [6, 6.07) is 22.8. The molecule has 6 aromatic rings. The fourth-order valence-electron chi connectivity index (χ4n) is 3.79. The Bertz CT molecular complexity index is 1450. The fraction of sp³-hybridized carbons (Fsp3) is 0. The number of benzene rings is 4. The summed E-state index contributed by atoms with van der Waals surface area (Å²) < 4.78 is 13.6. The first-order valence-electron chi connectivity index (χ1n) is 8.15. The van der Waals surface area contributed by atoms with E-state index in [0.29, 0.717) is 0 Å². The van der Waals surface area contributed by atoms with Gasteiger partial charge in [-0.15, -0.1) is 0 Å². The van der Waals surface area contributed by atoms with Crippen LogP contribution in [0.15, 0.2) is 80.0 Å². The van der Waals surface area contributed by atoms with E-state index in [2.05, 4.69) is 52.3 Å². The third-order valence-electron chi connectivity index (χ3n) is 4.94. The molecular weight excluding hydrogens is 376 g/mol. The van der Waals surface area contributed by atoms with Gasteiger partial charge in [0.25, 0.3) is 0 Å². The normalized spacial score (nSPS) is 12.2. The second-order valence-electron chi connectivity index (χ2n) is 6.30. The number of furan rings is 2. The van der Waals surface area contributed by atoms with Crippen LogP contribution < -0.4 is 0 Å². The Morgan fingerprint density at radius 2 is 1.12 bits per heavy atom. The van der Waals surface area contributed by atoms with Crippen molar-refractivity contribution < 1.29 is 8.83 Å². The van der Waals surface area contributed by atoms with Gasteiger partial charge in [0.05, 0.1) is 0 Å². The molecule has 0 bridgehead atoms. The van der Waals surface area contributed by atoms with E-state index in [1.54, 1.807) is 0 Å². The molecular formula is C22H11BrO2. The summed E-state index contributed by atoms with van der Waals surface area (Å²) in [5, 5.41) is 6.63. The van der Waals surface area contributed by atoms with Crippen molar-refractivity contribution in [3.63, 3.8) is 0 Å². The Morgan fingerprint density at radius 1 is 0.520 bits per heavy atom. The van der Waals surface area contributed by atoms with Crippen molar-refractivity contribution in [2.24, 2.45) is 0 Å². The molecule has 4 aromatic carbocycles. The Morgan fingerprint density at radius 3 is 1.96 bits per heavy atom. The van der Waals surface area contributed by atoms with Gasteiger partial charge in [-0.05, 0) is 29.7 Å². The number of para-hydroxylation sites is 1. The lowest BCUT2D eigenvalue weighted by molar-refractivity contribution is 0.635. The molecule has 0 aliphatic heterocycles. The molecule has 25 heavy (non-hydrogen) atoms. The lowest BCUT2D eigenvalue weighted by atomic mass is 10.1. The van der Waals surface area contributed by atoms with Gasteiger partial charge in [0, 0.05) is 31.4 Å². The molecule has 118 valence electrons. The van der Waals surface area contributed by atoms with E-state index in [9.17, 15) is 0 Å². The Labute approximate surface area is 150 Å². The van der Waals surface area contributed by atoms with Crippen LogP contribution in [0.3, 0.4) is 0 Å². The highest BCUT2D eigenvalue weighted by Gasteiger charge is 2.17. The fourth-order valence-corrected chi connectivity index (χ4v) is 4.37. The van der Waals surface area contributed by atoms with Gasteiger partial charge >= 0.3 is 0 Å². The largest absolute Gasteiger partial charge is 0.452 e. The number of halogens is 1. The van der Waals surface area contributed by atoms with Crippen LogP contribution in [0.1, 0.15) is 0 Å². The summed E-state index contributed by atoms with van der Waals surface area (Å²) in [5.41, 5.74) is 3.42.